The molecule has 0 aliphatic carbocycles. The summed E-state index contributed by atoms with van der Waals surface area (Å²) in [5, 5.41) is 6.75. The summed E-state index contributed by atoms with van der Waals surface area (Å²) in [6.45, 7) is 7.81. The van der Waals surface area contributed by atoms with Gasteiger partial charge in [-0.1, -0.05) is 37.3 Å². The van der Waals surface area contributed by atoms with Gasteiger partial charge in [0.2, 0.25) is 0 Å². The van der Waals surface area contributed by atoms with Crippen LogP contribution < -0.4 is 10.6 Å². The molecule has 0 aliphatic rings. The first kappa shape index (κ1) is 14.3. The van der Waals surface area contributed by atoms with Crippen LogP contribution in [0.5, 0.6) is 0 Å². The third-order valence-electron chi connectivity index (χ3n) is 3.10. The molecule has 4 nitrogen and oxygen atoms in total. The molecule has 0 saturated carbocycles. The van der Waals surface area contributed by atoms with E-state index < -0.39 is 0 Å². The first-order valence-corrected chi connectivity index (χ1v) is 7.07. The molecule has 0 aliphatic heterocycles. The van der Waals surface area contributed by atoms with Crippen molar-refractivity contribution < 1.29 is 0 Å². The van der Waals surface area contributed by atoms with E-state index in [9.17, 15) is 0 Å². The minimum Gasteiger partial charge on any atom is -0.370 e. The highest BCUT2D eigenvalue weighted by Crippen LogP contribution is 2.20. The molecule has 4 heteroatoms. The van der Waals surface area contributed by atoms with Crippen LogP contribution in [0.2, 0.25) is 0 Å². The van der Waals surface area contributed by atoms with Gasteiger partial charge < -0.3 is 10.6 Å². The van der Waals surface area contributed by atoms with E-state index in [1.165, 1.54) is 5.56 Å². The average molecular weight is 270 g/mol. The second kappa shape index (κ2) is 6.89. The van der Waals surface area contributed by atoms with E-state index in [1.54, 1.807) is 0 Å². The molecule has 0 unspecified atom stereocenters. The Morgan fingerprint density at radius 1 is 0.950 bits per heavy atom. The molecule has 20 heavy (non-hydrogen) atoms. The molecule has 106 valence electrons. The maximum absolute atomic E-state index is 4.49. The van der Waals surface area contributed by atoms with E-state index in [0.29, 0.717) is 0 Å². The standard InChI is InChI=1S/C16H22N4/c1-4-10-17-15-12(2)16(20-13(3)19-15)18-11-14-8-6-5-7-9-14/h5-9H,4,10-11H2,1-3H3,(H2,17,18,19,20). The largest absolute Gasteiger partial charge is 0.370 e. The third-order valence-corrected chi connectivity index (χ3v) is 3.10. The second-order valence-corrected chi connectivity index (χ2v) is 4.86. The molecular weight excluding hydrogens is 248 g/mol. The lowest BCUT2D eigenvalue weighted by Gasteiger charge is -2.14. The summed E-state index contributed by atoms with van der Waals surface area (Å²) in [6.07, 6.45) is 1.08. The lowest BCUT2D eigenvalue weighted by atomic mass is 10.2. The van der Waals surface area contributed by atoms with Gasteiger partial charge in [0, 0.05) is 18.7 Å². The number of hydrogen-bond acceptors (Lipinski definition) is 4. The highest BCUT2D eigenvalue weighted by molar-refractivity contribution is 5.57. The normalized spacial score (nSPS) is 10.3. The smallest absolute Gasteiger partial charge is 0.135 e. The molecular formula is C16H22N4. The summed E-state index contributed by atoms with van der Waals surface area (Å²) in [5.74, 6) is 2.61. The van der Waals surface area contributed by atoms with E-state index >= 15 is 0 Å². The Kier molecular flexibility index (Phi) is 4.93. The summed E-state index contributed by atoms with van der Waals surface area (Å²) in [6, 6.07) is 10.3. The molecule has 0 bridgehead atoms. The first-order valence-electron chi connectivity index (χ1n) is 7.07. The zero-order valence-corrected chi connectivity index (χ0v) is 12.4. The lowest BCUT2D eigenvalue weighted by Crippen LogP contribution is -2.10. The fourth-order valence-electron chi connectivity index (χ4n) is 2.00. The molecule has 1 aromatic carbocycles. The highest BCUT2D eigenvalue weighted by Gasteiger charge is 2.08. The third kappa shape index (κ3) is 3.70. The van der Waals surface area contributed by atoms with Gasteiger partial charge in [0.15, 0.2) is 0 Å². The van der Waals surface area contributed by atoms with Crippen LogP contribution in [-0.4, -0.2) is 16.5 Å². The van der Waals surface area contributed by atoms with Crippen LogP contribution in [0, 0.1) is 13.8 Å². The van der Waals surface area contributed by atoms with Gasteiger partial charge in [-0.2, -0.15) is 0 Å². The van der Waals surface area contributed by atoms with Crippen LogP contribution in [0.4, 0.5) is 11.6 Å². The number of rotatable bonds is 6. The molecule has 0 amide bonds. The Labute approximate surface area is 120 Å². The van der Waals surface area contributed by atoms with Crippen molar-refractivity contribution >= 4 is 11.6 Å². The Balaban J connectivity index is 2.12. The zero-order valence-electron chi connectivity index (χ0n) is 12.4. The number of nitrogens with one attached hydrogen (secondary N) is 2. The molecule has 0 radical (unpaired) electrons. The van der Waals surface area contributed by atoms with E-state index in [2.05, 4.69) is 39.7 Å². The highest BCUT2D eigenvalue weighted by atomic mass is 15.1. The number of aromatic nitrogens is 2. The monoisotopic (exact) mass is 270 g/mol. The molecule has 2 aromatic rings. The predicted molar refractivity (Wildman–Crippen MR) is 84.1 cm³/mol. The Bertz CT molecular complexity index is 552. The van der Waals surface area contributed by atoms with Gasteiger partial charge in [-0.3, -0.25) is 0 Å². The predicted octanol–water partition coefficient (Wildman–Crippen LogP) is 3.53. The van der Waals surface area contributed by atoms with Gasteiger partial charge in [-0.25, -0.2) is 9.97 Å². The summed E-state index contributed by atoms with van der Waals surface area (Å²) in [5.41, 5.74) is 2.31. The SMILES string of the molecule is CCCNc1nc(C)nc(NCc2ccccc2)c1C. The Hall–Kier alpha value is -2.10. The summed E-state index contributed by atoms with van der Waals surface area (Å²) < 4.78 is 0. The average Bonchev–Trinajstić information content (AvgIpc) is 2.47. The van der Waals surface area contributed by atoms with Gasteiger partial charge in [0.1, 0.15) is 17.5 Å². The summed E-state index contributed by atoms with van der Waals surface area (Å²) in [4.78, 5) is 8.96. The van der Waals surface area contributed by atoms with Crippen molar-refractivity contribution in [1.29, 1.82) is 0 Å². The summed E-state index contributed by atoms with van der Waals surface area (Å²) >= 11 is 0. The Morgan fingerprint density at radius 2 is 1.60 bits per heavy atom. The van der Waals surface area contributed by atoms with Crippen LogP contribution in [0.15, 0.2) is 30.3 Å². The number of benzene rings is 1. The van der Waals surface area contributed by atoms with Gasteiger partial charge >= 0.3 is 0 Å². The fraction of sp³-hybridized carbons (Fsp3) is 0.375. The number of anilines is 2. The lowest BCUT2D eigenvalue weighted by molar-refractivity contribution is 0.942. The zero-order chi connectivity index (χ0) is 14.4. The number of nitrogens with zero attached hydrogens (tertiary/aromatic N) is 2. The summed E-state index contributed by atoms with van der Waals surface area (Å²) in [7, 11) is 0. The van der Waals surface area contributed by atoms with Crippen molar-refractivity contribution in [2.45, 2.75) is 33.7 Å². The maximum atomic E-state index is 4.49. The van der Waals surface area contributed by atoms with E-state index in [0.717, 1.165) is 42.5 Å². The van der Waals surface area contributed by atoms with Crippen molar-refractivity contribution in [3.8, 4) is 0 Å². The minimum atomic E-state index is 0.769. The molecule has 0 saturated heterocycles. The van der Waals surface area contributed by atoms with E-state index in [4.69, 9.17) is 0 Å². The molecule has 2 N–H and O–H groups in total. The van der Waals surface area contributed by atoms with Crippen molar-refractivity contribution in [2.75, 3.05) is 17.2 Å². The molecule has 0 spiro atoms. The number of aryl methyl sites for hydroxylation is 1. The van der Waals surface area contributed by atoms with Crippen molar-refractivity contribution in [1.82, 2.24) is 9.97 Å². The van der Waals surface area contributed by atoms with Crippen molar-refractivity contribution in [3.05, 3.63) is 47.3 Å². The van der Waals surface area contributed by atoms with Crippen LogP contribution in [0.1, 0.15) is 30.3 Å². The molecule has 1 heterocycles. The molecule has 0 atom stereocenters. The quantitative estimate of drug-likeness (QED) is 0.843. The molecule has 1 aromatic heterocycles. The fourth-order valence-corrected chi connectivity index (χ4v) is 2.00. The van der Waals surface area contributed by atoms with Gasteiger partial charge in [0.05, 0.1) is 0 Å². The van der Waals surface area contributed by atoms with Crippen LogP contribution >= 0.6 is 0 Å². The van der Waals surface area contributed by atoms with Gasteiger partial charge in [-0.05, 0) is 25.8 Å². The molecule has 2 rings (SSSR count). The topological polar surface area (TPSA) is 49.8 Å². The minimum absolute atomic E-state index is 0.769. The first-order chi connectivity index (χ1) is 9.70. The van der Waals surface area contributed by atoms with Crippen molar-refractivity contribution in [2.24, 2.45) is 0 Å². The second-order valence-electron chi connectivity index (χ2n) is 4.86. The Morgan fingerprint density at radius 3 is 2.25 bits per heavy atom. The van der Waals surface area contributed by atoms with Crippen molar-refractivity contribution in [3.63, 3.8) is 0 Å². The molecule has 0 fully saturated rings. The van der Waals surface area contributed by atoms with Crippen LogP contribution in [-0.2, 0) is 6.54 Å². The van der Waals surface area contributed by atoms with Crippen LogP contribution in [0.25, 0.3) is 0 Å². The number of hydrogen-bond donors (Lipinski definition) is 2. The van der Waals surface area contributed by atoms with E-state index in [1.807, 2.05) is 32.0 Å². The van der Waals surface area contributed by atoms with E-state index in [-0.39, 0.29) is 0 Å². The van der Waals surface area contributed by atoms with Gasteiger partial charge in [0.25, 0.3) is 0 Å². The van der Waals surface area contributed by atoms with Crippen LogP contribution in [0.3, 0.4) is 0 Å². The maximum Gasteiger partial charge on any atom is 0.135 e. The van der Waals surface area contributed by atoms with Gasteiger partial charge in [-0.15, -0.1) is 0 Å².